The number of nitrogens with zero attached hydrogens (tertiary/aromatic N) is 4. The number of hydrogen-bond acceptors (Lipinski definition) is 9. The molecule has 10 heteroatoms. The quantitative estimate of drug-likeness (QED) is 0.179. The van der Waals surface area contributed by atoms with Crippen LogP contribution in [0.4, 0.5) is 5.82 Å². The van der Waals surface area contributed by atoms with Crippen molar-refractivity contribution in [3.05, 3.63) is 84.1 Å². The predicted octanol–water partition coefficient (Wildman–Crippen LogP) is 6.79. The highest BCUT2D eigenvalue weighted by Gasteiger charge is 2.42. The minimum atomic E-state index is -0.462. The van der Waals surface area contributed by atoms with Gasteiger partial charge in [0.2, 0.25) is 5.91 Å². The first-order valence-electron chi connectivity index (χ1n) is 20.9. The number of anilines is 1. The molecule has 0 bridgehead atoms. The van der Waals surface area contributed by atoms with Gasteiger partial charge in [-0.15, -0.1) is 0 Å². The minimum Gasteiger partial charge on any atom is -0.494 e. The Kier molecular flexibility index (Phi) is 15.2. The van der Waals surface area contributed by atoms with Crippen LogP contribution in [0.3, 0.4) is 0 Å². The number of rotatable bonds is 14. The molecule has 55 heavy (non-hydrogen) atoms. The van der Waals surface area contributed by atoms with E-state index in [2.05, 4.69) is 63.4 Å². The highest BCUT2D eigenvalue weighted by atomic mass is 16.5. The molecule has 300 valence electrons. The standard InChI is InChI=1S/C24H33N3O2.C21H32N2O3/c1-2-27-15-10-22(11-16-27)29-21-8-6-20(7-9-21)24(12-17-28-18-13-24)19-26-23-5-3-4-14-25-23;1-22(2)20(24)21(10-16-25-17-11-21)18-6-8-19(9-7-18)26-15-5-14-23-12-3-4-13-23/h3-9,14,22H,2,10-13,15-19H2,1H3,(H,25,26);6-9H,3-5,10-17H2,1-2H3. The van der Waals surface area contributed by atoms with E-state index in [1.165, 1.54) is 31.5 Å². The second kappa shape index (κ2) is 20.5. The van der Waals surface area contributed by atoms with Crippen LogP contribution in [0, 0.1) is 0 Å². The van der Waals surface area contributed by atoms with E-state index < -0.39 is 5.41 Å². The van der Waals surface area contributed by atoms with Crippen LogP contribution in [-0.2, 0) is 25.1 Å². The molecule has 2 aromatic carbocycles. The van der Waals surface area contributed by atoms with E-state index in [-0.39, 0.29) is 11.3 Å². The van der Waals surface area contributed by atoms with Gasteiger partial charge in [0, 0.05) is 78.3 Å². The van der Waals surface area contributed by atoms with Gasteiger partial charge in [0.15, 0.2) is 0 Å². The molecule has 1 amide bonds. The van der Waals surface area contributed by atoms with Gasteiger partial charge in [0.25, 0.3) is 0 Å². The average Bonchev–Trinajstić information content (AvgIpc) is 3.77. The molecule has 0 aliphatic carbocycles. The van der Waals surface area contributed by atoms with Gasteiger partial charge in [-0.3, -0.25) is 4.79 Å². The molecule has 0 radical (unpaired) electrons. The van der Waals surface area contributed by atoms with E-state index >= 15 is 0 Å². The monoisotopic (exact) mass is 755 g/mol. The van der Waals surface area contributed by atoms with Crippen molar-refractivity contribution in [1.29, 1.82) is 0 Å². The Bertz CT molecular complexity index is 1540. The van der Waals surface area contributed by atoms with Gasteiger partial charge in [-0.05, 0) is 125 Å². The van der Waals surface area contributed by atoms with E-state index in [0.717, 1.165) is 120 Å². The summed E-state index contributed by atoms with van der Waals surface area (Å²) in [7, 11) is 3.66. The smallest absolute Gasteiger partial charge is 0.232 e. The minimum absolute atomic E-state index is 0.0702. The molecule has 1 aromatic heterocycles. The number of likely N-dealkylation sites (N-methyl/N-ethyl adjacent to an activating group) is 1. The lowest BCUT2D eigenvalue weighted by Gasteiger charge is -2.38. The van der Waals surface area contributed by atoms with Crippen molar-refractivity contribution in [2.45, 2.75) is 81.6 Å². The van der Waals surface area contributed by atoms with Crippen LogP contribution in [0.15, 0.2) is 72.9 Å². The summed E-state index contributed by atoms with van der Waals surface area (Å²) in [5.41, 5.74) is 2.04. The maximum absolute atomic E-state index is 12.9. The lowest BCUT2D eigenvalue weighted by molar-refractivity contribution is -0.138. The van der Waals surface area contributed by atoms with Crippen LogP contribution in [0.25, 0.3) is 0 Å². The fourth-order valence-corrected chi connectivity index (χ4v) is 8.61. The lowest BCUT2D eigenvalue weighted by atomic mass is 9.73. The second-order valence-electron chi connectivity index (χ2n) is 15.9. The zero-order valence-electron chi connectivity index (χ0n) is 33.7. The third kappa shape index (κ3) is 11.2. The molecule has 7 rings (SSSR count). The van der Waals surface area contributed by atoms with Gasteiger partial charge in [0.05, 0.1) is 12.0 Å². The number of carbonyl (C=O) groups excluding carboxylic acids is 1. The largest absolute Gasteiger partial charge is 0.494 e. The maximum atomic E-state index is 12.9. The first kappa shape index (κ1) is 40.9. The van der Waals surface area contributed by atoms with Gasteiger partial charge in [-0.1, -0.05) is 37.3 Å². The fraction of sp³-hybridized carbons (Fsp3) is 0.600. The van der Waals surface area contributed by atoms with Crippen molar-refractivity contribution in [1.82, 2.24) is 19.7 Å². The van der Waals surface area contributed by atoms with E-state index in [1.807, 2.05) is 50.6 Å². The molecule has 4 aliphatic rings. The number of pyridine rings is 1. The Balaban J connectivity index is 0.000000188. The van der Waals surface area contributed by atoms with Crippen LogP contribution in [0.5, 0.6) is 11.5 Å². The summed E-state index contributed by atoms with van der Waals surface area (Å²) in [5, 5.41) is 3.54. The fourth-order valence-electron chi connectivity index (χ4n) is 8.61. The number of piperidine rings is 1. The van der Waals surface area contributed by atoms with Gasteiger partial charge in [-0.25, -0.2) is 4.98 Å². The Hall–Kier alpha value is -3.70. The number of aromatic nitrogens is 1. The maximum Gasteiger partial charge on any atom is 0.232 e. The molecule has 4 saturated heterocycles. The number of ether oxygens (including phenoxy) is 4. The molecule has 0 atom stereocenters. The van der Waals surface area contributed by atoms with Crippen molar-refractivity contribution in [2.24, 2.45) is 0 Å². The third-order valence-corrected chi connectivity index (χ3v) is 12.1. The molecule has 3 aromatic rings. The van der Waals surface area contributed by atoms with Crippen LogP contribution >= 0.6 is 0 Å². The molecule has 4 fully saturated rings. The van der Waals surface area contributed by atoms with E-state index in [9.17, 15) is 4.79 Å². The molecule has 10 nitrogen and oxygen atoms in total. The highest BCUT2D eigenvalue weighted by Crippen LogP contribution is 2.38. The zero-order valence-corrected chi connectivity index (χ0v) is 33.7. The van der Waals surface area contributed by atoms with Crippen LogP contribution in [-0.4, -0.2) is 125 Å². The summed E-state index contributed by atoms with van der Waals surface area (Å²) >= 11 is 0. The second-order valence-corrected chi connectivity index (χ2v) is 15.9. The molecule has 0 saturated carbocycles. The van der Waals surface area contributed by atoms with Crippen LogP contribution < -0.4 is 14.8 Å². The Morgan fingerprint density at radius 3 is 2.07 bits per heavy atom. The first-order valence-corrected chi connectivity index (χ1v) is 20.9. The number of benzene rings is 2. The van der Waals surface area contributed by atoms with Gasteiger partial charge in [-0.2, -0.15) is 0 Å². The predicted molar refractivity (Wildman–Crippen MR) is 219 cm³/mol. The Morgan fingerprint density at radius 2 is 1.45 bits per heavy atom. The number of amides is 1. The van der Waals surface area contributed by atoms with Crippen molar-refractivity contribution < 1.29 is 23.7 Å². The van der Waals surface area contributed by atoms with Crippen molar-refractivity contribution in [3.8, 4) is 11.5 Å². The summed E-state index contributed by atoms with van der Waals surface area (Å²) in [6.07, 6.45) is 11.6. The van der Waals surface area contributed by atoms with Gasteiger partial charge < -0.3 is 39.0 Å². The topological polar surface area (TPSA) is 88.6 Å². The molecular weight excluding hydrogens is 691 g/mol. The molecule has 0 unspecified atom stereocenters. The molecule has 1 N–H and O–H groups in total. The number of likely N-dealkylation sites (tertiary alicyclic amines) is 2. The zero-order chi connectivity index (χ0) is 38.4. The lowest BCUT2D eigenvalue weighted by Crippen LogP contribution is -2.47. The highest BCUT2D eigenvalue weighted by molar-refractivity contribution is 5.88. The third-order valence-electron chi connectivity index (χ3n) is 12.1. The summed E-state index contributed by atoms with van der Waals surface area (Å²) < 4.78 is 23.4. The number of hydrogen-bond donors (Lipinski definition) is 1. The normalized spacial score (nSPS) is 20.2. The average molecular weight is 756 g/mol. The summed E-state index contributed by atoms with van der Waals surface area (Å²) in [4.78, 5) is 24.0. The van der Waals surface area contributed by atoms with E-state index in [4.69, 9.17) is 18.9 Å². The van der Waals surface area contributed by atoms with E-state index in [0.29, 0.717) is 19.3 Å². The molecular formula is C45H65N5O5. The summed E-state index contributed by atoms with van der Waals surface area (Å²) in [6.45, 7) is 13.7. The van der Waals surface area contributed by atoms with Crippen LogP contribution in [0.1, 0.15) is 75.8 Å². The first-order chi connectivity index (χ1) is 26.9. The Morgan fingerprint density at radius 1 is 0.818 bits per heavy atom. The molecule has 0 spiro atoms. The molecule has 4 aliphatic heterocycles. The summed E-state index contributed by atoms with van der Waals surface area (Å²) in [5.74, 6) is 2.97. The Labute approximate surface area is 329 Å². The van der Waals surface area contributed by atoms with Crippen molar-refractivity contribution >= 4 is 11.7 Å². The van der Waals surface area contributed by atoms with Crippen molar-refractivity contribution in [3.63, 3.8) is 0 Å². The van der Waals surface area contributed by atoms with Gasteiger partial charge in [0.1, 0.15) is 23.4 Å². The van der Waals surface area contributed by atoms with Gasteiger partial charge >= 0.3 is 0 Å². The van der Waals surface area contributed by atoms with E-state index in [1.54, 1.807) is 4.90 Å². The summed E-state index contributed by atoms with van der Waals surface area (Å²) in [6, 6.07) is 22.9. The molecule has 5 heterocycles. The SMILES string of the molecule is CCN1CCC(Oc2ccc(C3(CNc4ccccn4)CCOCC3)cc2)CC1.CN(C)C(=O)C1(c2ccc(OCCCN3CCCC3)cc2)CCOCC1. The van der Waals surface area contributed by atoms with Crippen LogP contribution in [0.2, 0.25) is 0 Å². The number of carbonyl (C=O) groups is 1. The van der Waals surface area contributed by atoms with Crippen molar-refractivity contribution in [2.75, 3.05) is 98.3 Å². The number of nitrogens with one attached hydrogen (secondary N) is 1.